The van der Waals surface area contributed by atoms with Crippen LogP contribution in [0.5, 0.6) is 5.75 Å². The predicted molar refractivity (Wildman–Crippen MR) is 96.1 cm³/mol. The molecule has 0 radical (unpaired) electrons. The zero-order valence-corrected chi connectivity index (χ0v) is 15.8. The van der Waals surface area contributed by atoms with Crippen LogP contribution in [0.25, 0.3) is 0 Å². The van der Waals surface area contributed by atoms with Gasteiger partial charge >= 0.3 is 0 Å². The summed E-state index contributed by atoms with van der Waals surface area (Å²) in [5, 5.41) is 2.78. The molecule has 1 atom stereocenters. The van der Waals surface area contributed by atoms with E-state index in [1.54, 1.807) is 13.8 Å². The number of methoxy groups -OCH3 is 1. The predicted octanol–water partition coefficient (Wildman–Crippen LogP) is 1.19. The number of benzene rings is 1. The molecule has 1 aliphatic rings. The third-order valence-corrected chi connectivity index (χ3v) is 6.53. The molecule has 0 bridgehead atoms. The molecule has 1 aromatic carbocycles. The molecule has 140 valence electrons. The van der Waals surface area contributed by atoms with Gasteiger partial charge in [0, 0.05) is 25.7 Å². The molecule has 1 fully saturated rings. The van der Waals surface area contributed by atoms with E-state index < -0.39 is 10.0 Å². The lowest BCUT2D eigenvalue weighted by Gasteiger charge is -2.19. The zero-order chi connectivity index (χ0) is 18.6. The second-order valence-corrected chi connectivity index (χ2v) is 8.10. The van der Waals surface area contributed by atoms with E-state index in [-0.39, 0.29) is 22.4 Å². The molecule has 0 saturated heterocycles. The summed E-state index contributed by atoms with van der Waals surface area (Å²) in [6.45, 7) is 4.64. The van der Waals surface area contributed by atoms with Gasteiger partial charge in [-0.25, -0.2) is 8.42 Å². The van der Waals surface area contributed by atoms with E-state index in [9.17, 15) is 13.2 Å². The summed E-state index contributed by atoms with van der Waals surface area (Å²) in [6.07, 6.45) is 2.19. The van der Waals surface area contributed by atoms with Gasteiger partial charge in [0.15, 0.2) is 0 Å². The highest BCUT2D eigenvalue weighted by molar-refractivity contribution is 7.89. The Balaban J connectivity index is 2.25. The van der Waals surface area contributed by atoms with Crippen LogP contribution in [0.2, 0.25) is 0 Å². The topological polar surface area (TPSA) is 102 Å². The van der Waals surface area contributed by atoms with Crippen LogP contribution < -0.4 is 15.8 Å². The third-order valence-electron chi connectivity index (χ3n) is 4.48. The second-order valence-electron chi connectivity index (χ2n) is 6.16. The Morgan fingerprint density at radius 3 is 2.52 bits per heavy atom. The Morgan fingerprint density at radius 1 is 1.36 bits per heavy atom. The van der Waals surface area contributed by atoms with Gasteiger partial charge in [0.25, 0.3) is 5.91 Å². The first-order valence-corrected chi connectivity index (χ1v) is 10.0. The number of ether oxygens (including phenoxy) is 1. The number of carbonyl (C=O) groups excluding carboxylic acids is 1. The summed E-state index contributed by atoms with van der Waals surface area (Å²) in [5.41, 5.74) is 6.20. The molecule has 0 spiro atoms. The number of nitrogens with one attached hydrogen (secondary N) is 1. The first kappa shape index (κ1) is 19.7. The normalized spacial score (nSPS) is 15.9. The van der Waals surface area contributed by atoms with Crippen molar-refractivity contribution in [2.75, 3.05) is 26.7 Å². The minimum atomic E-state index is -3.64. The Kier molecular flexibility index (Phi) is 6.42. The maximum Gasteiger partial charge on any atom is 0.255 e. The Bertz CT molecular complexity index is 713. The van der Waals surface area contributed by atoms with Crippen molar-refractivity contribution in [3.05, 3.63) is 23.8 Å². The van der Waals surface area contributed by atoms with Gasteiger partial charge < -0.3 is 15.8 Å². The van der Waals surface area contributed by atoms with Crippen molar-refractivity contribution in [3.8, 4) is 5.75 Å². The van der Waals surface area contributed by atoms with Crippen molar-refractivity contribution in [3.63, 3.8) is 0 Å². The SMILES string of the molecule is CCN(CC)S(=O)(=O)c1ccc(OC)c(C(=O)NCC(N)C2CC2)c1. The van der Waals surface area contributed by atoms with Crippen molar-refractivity contribution in [1.82, 2.24) is 9.62 Å². The van der Waals surface area contributed by atoms with Crippen molar-refractivity contribution < 1.29 is 17.9 Å². The highest BCUT2D eigenvalue weighted by Crippen LogP contribution is 2.31. The van der Waals surface area contributed by atoms with Gasteiger partial charge in [0.05, 0.1) is 17.6 Å². The number of rotatable bonds is 9. The van der Waals surface area contributed by atoms with Crippen LogP contribution in [-0.2, 0) is 10.0 Å². The lowest BCUT2D eigenvalue weighted by Crippen LogP contribution is -2.38. The van der Waals surface area contributed by atoms with Crippen LogP contribution in [0.1, 0.15) is 37.0 Å². The summed E-state index contributed by atoms with van der Waals surface area (Å²) < 4.78 is 31.9. The number of nitrogens with two attached hydrogens (primary N) is 1. The summed E-state index contributed by atoms with van der Waals surface area (Å²) in [7, 11) is -2.20. The van der Waals surface area contributed by atoms with Crippen LogP contribution in [0.15, 0.2) is 23.1 Å². The van der Waals surface area contributed by atoms with Crippen molar-refractivity contribution >= 4 is 15.9 Å². The molecule has 0 heterocycles. The monoisotopic (exact) mass is 369 g/mol. The number of hydrogen-bond acceptors (Lipinski definition) is 5. The highest BCUT2D eigenvalue weighted by Gasteiger charge is 2.29. The third kappa shape index (κ3) is 4.50. The van der Waals surface area contributed by atoms with E-state index in [4.69, 9.17) is 10.5 Å². The van der Waals surface area contributed by atoms with Crippen LogP contribution in [0, 0.1) is 5.92 Å². The number of carbonyl (C=O) groups is 1. The fraction of sp³-hybridized carbons (Fsp3) is 0.588. The molecule has 1 aromatic rings. The average Bonchev–Trinajstić information content (AvgIpc) is 3.44. The van der Waals surface area contributed by atoms with Gasteiger partial charge in [-0.2, -0.15) is 4.31 Å². The smallest absolute Gasteiger partial charge is 0.255 e. The zero-order valence-electron chi connectivity index (χ0n) is 15.0. The fourth-order valence-corrected chi connectivity index (χ4v) is 4.22. The molecule has 2 rings (SSSR count). The van der Waals surface area contributed by atoms with E-state index in [0.29, 0.717) is 31.3 Å². The van der Waals surface area contributed by atoms with Crippen LogP contribution in [0.3, 0.4) is 0 Å². The van der Waals surface area contributed by atoms with Crippen LogP contribution in [0.4, 0.5) is 0 Å². The molecule has 1 saturated carbocycles. The van der Waals surface area contributed by atoms with E-state index in [0.717, 1.165) is 12.8 Å². The van der Waals surface area contributed by atoms with Gasteiger partial charge in [-0.05, 0) is 37.0 Å². The summed E-state index contributed by atoms with van der Waals surface area (Å²) in [4.78, 5) is 12.6. The Hall–Kier alpha value is -1.64. The molecule has 1 aliphatic carbocycles. The van der Waals surface area contributed by atoms with Crippen LogP contribution >= 0.6 is 0 Å². The maximum atomic E-state index is 12.7. The minimum Gasteiger partial charge on any atom is -0.496 e. The average molecular weight is 369 g/mol. The summed E-state index contributed by atoms with van der Waals surface area (Å²) >= 11 is 0. The lowest BCUT2D eigenvalue weighted by molar-refractivity contribution is 0.0947. The summed E-state index contributed by atoms with van der Waals surface area (Å²) in [6, 6.07) is 4.26. The molecular weight excluding hydrogens is 342 g/mol. The van der Waals surface area contributed by atoms with E-state index in [1.165, 1.54) is 29.6 Å². The highest BCUT2D eigenvalue weighted by atomic mass is 32.2. The molecular formula is C17H27N3O4S. The number of hydrogen-bond donors (Lipinski definition) is 2. The molecule has 7 nitrogen and oxygen atoms in total. The van der Waals surface area contributed by atoms with E-state index in [2.05, 4.69) is 5.32 Å². The van der Waals surface area contributed by atoms with Gasteiger partial charge in [-0.1, -0.05) is 13.8 Å². The molecule has 0 aliphatic heterocycles. The van der Waals surface area contributed by atoms with Crippen molar-refractivity contribution in [2.24, 2.45) is 11.7 Å². The Morgan fingerprint density at radius 2 is 2.00 bits per heavy atom. The lowest BCUT2D eigenvalue weighted by atomic mass is 10.1. The largest absolute Gasteiger partial charge is 0.496 e. The standard InChI is InChI=1S/C17H27N3O4S/c1-4-20(5-2)25(22,23)13-8-9-16(24-3)14(10-13)17(21)19-11-15(18)12-6-7-12/h8-10,12,15H,4-7,11,18H2,1-3H3,(H,19,21). The quantitative estimate of drug-likeness (QED) is 0.681. The van der Waals surface area contributed by atoms with Crippen LogP contribution in [-0.4, -0.2) is 51.4 Å². The maximum absolute atomic E-state index is 12.7. The van der Waals surface area contributed by atoms with E-state index in [1.807, 2.05) is 0 Å². The van der Waals surface area contributed by atoms with Gasteiger partial charge in [0.2, 0.25) is 10.0 Å². The molecule has 0 aromatic heterocycles. The van der Waals surface area contributed by atoms with Gasteiger partial charge in [-0.3, -0.25) is 4.79 Å². The second kappa shape index (κ2) is 8.16. The Labute approximate surface area is 149 Å². The summed E-state index contributed by atoms with van der Waals surface area (Å²) in [5.74, 6) is 0.414. The molecule has 25 heavy (non-hydrogen) atoms. The first-order chi connectivity index (χ1) is 11.8. The van der Waals surface area contributed by atoms with Crippen molar-refractivity contribution in [2.45, 2.75) is 37.6 Å². The number of sulfonamides is 1. The van der Waals surface area contributed by atoms with E-state index >= 15 is 0 Å². The molecule has 8 heteroatoms. The minimum absolute atomic E-state index is 0.0717. The molecule has 1 amide bonds. The molecule has 1 unspecified atom stereocenters. The van der Waals surface area contributed by atoms with Gasteiger partial charge in [-0.15, -0.1) is 0 Å². The van der Waals surface area contributed by atoms with Gasteiger partial charge in [0.1, 0.15) is 5.75 Å². The first-order valence-electron chi connectivity index (χ1n) is 8.57. The van der Waals surface area contributed by atoms with Crippen molar-refractivity contribution in [1.29, 1.82) is 0 Å². The fourth-order valence-electron chi connectivity index (χ4n) is 2.73. The molecule has 3 N–H and O–H groups in total. The number of nitrogens with zero attached hydrogens (tertiary/aromatic N) is 1. The number of amides is 1.